The fourth-order valence-corrected chi connectivity index (χ4v) is 5.10. The summed E-state index contributed by atoms with van der Waals surface area (Å²) in [5, 5.41) is 0. The maximum Gasteiger partial charge on any atom is 0.418 e. The zero-order chi connectivity index (χ0) is 29.2. The summed E-state index contributed by atoms with van der Waals surface area (Å²) in [4.78, 5) is 32.0. The summed E-state index contributed by atoms with van der Waals surface area (Å²) in [5.74, 6) is -3.35. The van der Waals surface area contributed by atoms with Crippen molar-refractivity contribution < 1.29 is 50.1 Å². The number of rotatable bonds is 7. The molecule has 2 N–H and O–H groups in total. The Morgan fingerprint density at radius 2 is 2.00 bits per heavy atom. The first kappa shape index (κ1) is 30.1. The first-order valence-electron chi connectivity index (χ1n) is 12.8. The molecule has 2 saturated heterocycles. The number of carbonyl (C=O) groups excluding carboxylic acids is 2. The molecule has 4 heterocycles. The predicted octanol–water partition coefficient (Wildman–Crippen LogP) is 2.28. The molecule has 3 aliphatic rings. The molecule has 40 heavy (non-hydrogen) atoms. The molecule has 1 aromatic rings. The third-order valence-electron chi connectivity index (χ3n) is 6.94. The van der Waals surface area contributed by atoms with Crippen molar-refractivity contribution in [3.8, 4) is 5.75 Å². The Morgan fingerprint density at radius 3 is 2.70 bits per heavy atom. The van der Waals surface area contributed by atoms with Crippen LogP contribution in [0.5, 0.6) is 5.75 Å². The van der Waals surface area contributed by atoms with Crippen LogP contribution in [0.4, 0.5) is 32.2 Å². The summed E-state index contributed by atoms with van der Waals surface area (Å²) in [6.07, 6.45) is -10.6. The molecule has 0 spiro atoms. The van der Waals surface area contributed by atoms with E-state index in [4.69, 9.17) is 14.2 Å². The summed E-state index contributed by atoms with van der Waals surface area (Å²) in [5.41, 5.74) is 3.44. The van der Waals surface area contributed by atoms with Crippen LogP contribution in [-0.4, -0.2) is 91.6 Å². The number of hydrogen-bond acceptors (Lipinski definition) is 8. The first-order valence-corrected chi connectivity index (χ1v) is 12.8. The van der Waals surface area contributed by atoms with E-state index >= 15 is 0 Å². The Balaban J connectivity index is 1.26. The van der Waals surface area contributed by atoms with Crippen LogP contribution >= 0.6 is 0 Å². The molecule has 10 nitrogen and oxygen atoms in total. The van der Waals surface area contributed by atoms with Gasteiger partial charge in [0.15, 0.2) is 17.5 Å². The lowest BCUT2D eigenvalue weighted by Gasteiger charge is -2.41. The largest absolute Gasteiger partial charge is 0.487 e. The number of amides is 2. The molecule has 5 atom stereocenters. The number of halogens is 6. The van der Waals surface area contributed by atoms with E-state index in [2.05, 4.69) is 10.4 Å². The van der Waals surface area contributed by atoms with Crippen LogP contribution in [0.15, 0.2) is 12.3 Å². The third kappa shape index (κ3) is 7.07. The van der Waals surface area contributed by atoms with Crippen molar-refractivity contribution >= 4 is 17.6 Å². The van der Waals surface area contributed by atoms with E-state index in [0.717, 1.165) is 12.3 Å². The first-order chi connectivity index (χ1) is 18.7. The highest BCUT2D eigenvalue weighted by Gasteiger charge is 2.52. The number of aromatic nitrogens is 1. The van der Waals surface area contributed by atoms with Crippen molar-refractivity contribution in [3.63, 3.8) is 0 Å². The molecule has 16 heteroatoms. The standard InChI is InChI=1S/C24H31F6N5O5/c1-13-7-16-11-34(4-5-35(16)21-17(39-13)8-15(9-31-21)23(25,26)27)19(36)3-6-38-12-14(2)40-18-10-32-33-22(37)20(18)24(28,29)30/h8-9,13-14,16,18,20,32H,3-7,10-12H2,1-2H3,(H,33,37)/t13-,14+,16-,18?,20?/m1/s1. The van der Waals surface area contributed by atoms with E-state index in [1.165, 1.54) is 6.92 Å². The molecule has 0 radical (unpaired) electrons. The van der Waals surface area contributed by atoms with Crippen molar-refractivity contribution in [2.75, 3.05) is 44.3 Å². The number of anilines is 1. The summed E-state index contributed by atoms with van der Waals surface area (Å²) in [6, 6.07) is 0.735. The van der Waals surface area contributed by atoms with Crippen LogP contribution in [0.2, 0.25) is 0 Å². The smallest absolute Gasteiger partial charge is 0.418 e. The highest BCUT2D eigenvalue weighted by Crippen LogP contribution is 2.39. The van der Waals surface area contributed by atoms with Gasteiger partial charge >= 0.3 is 12.4 Å². The fourth-order valence-electron chi connectivity index (χ4n) is 5.10. The zero-order valence-electron chi connectivity index (χ0n) is 21.8. The van der Waals surface area contributed by atoms with E-state index in [-0.39, 0.29) is 43.9 Å². The Labute approximate surface area is 226 Å². The molecule has 0 bridgehead atoms. The van der Waals surface area contributed by atoms with Crippen molar-refractivity contribution in [2.45, 2.75) is 63.4 Å². The predicted molar refractivity (Wildman–Crippen MR) is 127 cm³/mol. The van der Waals surface area contributed by atoms with Crippen LogP contribution in [0.3, 0.4) is 0 Å². The Bertz CT molecular complexity index is 1070. The molecule has 0 aromatic carbocycles. The number of piperazine rings is 1. The number of carbonyl (C=O) groups is 2. The van der Waals surface area contributed by atoms with Crippen LogP contribution in [0.1, 0.15) is 32.3 Å². The number of nitrogens with one attached hydrogen (secondary N) is 2. The van der Waals surface area contributed by atoms with Gasteiger partial charge in [-0.25, -0.2) is 10.4 Å². The maximum absolute atomic E-state index is 13.2. The van der Waals surface area contributed by atoms with Gasteiger partial charge in [-0.15, -0.1) is 0 Å². The molecule has 224 valence electrons. The van der Waals surface area contributed by atoms with Gasteiger partial charge in [0, 0.05) is 38.8 Å². The SMILES string of the molecule is C[C@@H]1C[C@@H]2CN(C(=O)CCOC[C@H](C)OC3CNNC(=O)C3C(F)(F)F)CCN2c2ncc(C(F)(F)F)cc2O1. The van der Waals surface area contributed by atoms with Gasteiger partial charge in [-0.2, -0.15) is 26.3 Å². The normalized spacial score (nSPS) is 26.2. The Morgan fingerprint density at radius 1 is 1.25 bits per heavy atom. The summed E-state index contributed by atoms with van der Waals surface area (Å²) >= 11 is 0. The second kappa shape index (κ2) is 11.9. The van der Waals surface area contributed by atoms with Gasteiger partial charge in [0.2, 0.25) is 11.8 Å². The highest BCUT2D eigenvalue weighted by molar-refractivity contribution is 5.80. The van der Waals surface area contributed by atoms with Gasteiger partial charge in [-0.3, -0.25) is 15.0 Å². The van der Waals surface area contributed by atoms with Crippen LogP contribution in [0.25, 0.3) is 0 Å². The van der Waals surface area contributed by atoms with Crippen molar-refractivity contribution in [2.24, 2.45) is 5.92 Å². The van der Waals surface area contributed by atoms with Crippen molar-refractivity contribution in [1.29, 1.82) is 0 Å². The number of fused-ring (bicyclic) bond motifs is 3. The Hall–Kier alpha value is -2.85. The molecule has 3 aliphatic heterocycles. The molecule has 2 fully saturated rings. The average Bonchev–Trinajstić information content (AvgIpc) is 2.99. The topological polar surface area (TPSA) is 105 Å². The number of pyridine rings is 1. The quantitative estimate of drug-likeness (QED) is 0.372. The van der Waals surface area contributed by atoms with Crippen molar-refractivity contribution in [3.05, 3.63) is 17.8 Å². The van der Waals surface area contributed by atoms with Crippen molar-refractivity contribution in [1.82, 2.24) is 20.7 Å². The van der Waals surface area contributed by atoms with Gasteiger partial charge in [0.1, 0.15) is 0 Å². The van der Waals surface area contributed by atoms with Gasteiger partial charge in [-0.05, 0) is 19.9 Å². The highest BCUT2D eigenvalue weighted by atomic mass is 19.4. The molecule has 4 rings (SSSR count). The van der Waals surface area contributed by atoms with Crippen LogP contribution in [-0.2, 0) is 25.2 Å². The number of hydrogen-bond donors (Lipinski definition) is 2. The third-order valence-corrected chi connectivity index (χ3v) is 6.94. The molecular weight excluding hydrogens is 552 g/mol. The minimum absolute atomic E-state index is 0.00758. The summed E-state index contributed by atoms with van der Waals surface area (Å²) in [7, 11) is 0. The van der Waals surface area contributed by atoms with Gasteiger partial charge in [-0.1, -0.05) is 0 Å². The molecule has 2 unspecified atom stereocenters. The number of alkyl halides is 6. The maximum atomic E-state index is 13.2. The number of nitrogens with zero attached hydrogens (tertiary/aromatic N) is 3. The van der Waals surface area contributed by atoms with Crippen LogP contribution in [0, 0.1) is 5.92 Å². The lowest BCUT2D eigenvalue weighted by atomic mass is 9.99. The van der Waals surface area contributed by atoms with Crippen LogP contribution < -0.4 is 20.5 Å². The molecular formula is C24H31F6N5O5. The Kier molecular flexibility index (Phi) is 8.99. The summed E-state index contributed by atoms with van der Waals surface area (Å²) < 4.78 is 95.8. The molecule has 2 amide bonds. The van der Waals surface area contributed by atoms with Gasteiger partial charge in [0.05, 0.1) is 49.6 Å². The lowest BCUT2D eigenvalue weighted by molar-refractivity contribution is -0.219. The second-order valence-electron chi connectivity index (χ2n) is 10.1. The van der Waals surface area contributed by atoms with E-state index in [9.17, 15) is 35.9 Å². The lowest BCUT2D eigenvalue weighted by Crippen LogP contribution is -2.60. The van der Waals surface area contributed by atoms with Gasteiger partial charge in [0.25, 0.3) is 0 Å². The van der Waals surface area contributed by atoms with E-state index in [1.54, 1.807) is 11.8 Å². The zero-order valence-corrected chi connectivity index (χ0v) is 21.8. The molecule has 1 aromatic heterocycles. The average molecular weight is 584 g/mol. The minimum atomic E-state index is -4.76. The minimum Gasteiger partial charge on any atom is -0.487 e. The van der Waals surface area contributed by atoms with E-state index < -0.39 is 48.1 Å². The second-order valence-corrected chi connectivity index (χ2v) is 10.1. The summed E-state index contributed by atoms with van der Waals surface area (Å²) in [6.45, 7) is 3.96. The number of ether oxygens (including phenoxy) is 3. The van der Waals surface area contributed by atoms with Gasteiger partial charge < -0.3 is 24.0 Å². The van der Waals surface area contributed by atoms with E-state index in [1.807, 2.05) is 10.3 Å². The molecule has 0 aliphatic carbocycles. The number of hydrazine groups is 1. The fraction of sp³-hybridized carbons (Fsp3) is 0.708. The van der Waals surface area contributed by atoms with E-state index in [0.29, 0.717) is 31.9 Å². The molecule has 0 saturated carbocycles. The monoisotopic (exact) mass is 583 g/mol.